The number of ether oxygens (including phenoxy) is 2. The van der Waals surface area contributed by atoms with E-state index in [0.29, 0.717) is 17.1 Å². The molecule has 0 fully saturated rings. The summed E-state index contributed by atoms with van der Waals surface area (Å²) in [7, 11) is -3.11. The molecule has 1 N–H and O–H groups in total. The highest BCUT2D eigenvalue weighted by molar-refractivity contribution is 7.93. The van der Waals surface area contributed by atoms with E-state index in [1.807, 2.05) is 6.92 Å². The van der Waals surface area contributed by atoms with Crippen LogP contribution in [0.15, 0.2) is 47.4 Å². The van der Waals surface area contributed by atoms with Crippen molar-refractivity contribution in [2.45, 2.75) is 11.8 Å². The van der Waals surface area contributed by atoms with Crippen LogP contribution in [0, 0.1) is 5.82 Å². The molecule has 0 aliphatic heterocycles. The minimum Gasteiger partial charge on any atom is -0.494 e. The average Bonchev–Trinajstić information content (AvgIpc) is 3.05. The van der Waals surface area contributed by atoms with Gasteiger partial charge in [-0.1, -0.05) is 6.07 Å². The molecular formula is C18H16FNO5S2. The lowest BCUT2D eigenvalue weighted by Gasteiger charge is -2.10. The van der Waals surface area contributed by atoms with E-state index in [2.05, 4.69) is 9.46 Å². The van der Waals surface area contributed by atoms with Crippen molar-refractivity contribution in [1.82, 2.24) is 0 Å². The monoisotopic (exact) mass is 409 g/mol. The van der Waals surface area contributed by atoms with Gasteiger partial charge >= 0.3 is 5.97 Å². The zero-order valence-corrected chi connectivity index (χ0v) is 16.1. The first kappa shape index (κ1) is 19.1. The van der Waals surface area contributed by atoms with Crippen molar-refractivity contribution in [3.05, 3.63) is 53.2 Å². The fraction of sp³-hybridized carbons (Fsp3) is 0.167. The largest absolute Gasteiger partial charge is 0.494 e. The van der Waals surface area contributed by atoms with Crippen molar-refractivity contribution in [2.24, 2.45) is 0 Å². The maximum absolute atomic E-state index is 14.4. The van der Waals surface area contributed by atoms with Gasteiger partial charge in [0.05, 0.1) is 13.7 Å². The minimum absolute atomic E-state index is 0.138. The number of carbonyl (C=O) groups is 1. The summed E-state index contributed by atoms with van der Waals surface area (Å²) in [5.41, 5.74) is 0.255. The number of rotatable bonds is 6. The molecule has 0 saturated heterocycles. The van der Waals surface area contributed by atoms with Gasteiger partial charge in [0.1, 0.15) is 21.3 Å². The van der Waals surface area contributed by atoms with Gasteiger partial charge < -0.3 is 9.47 Å². The number of methoxy groups -OCH3 is 1. The van der Waals surface area contributed by atoms with Gasteiger partial charge in [0.15, 0.2) is 0 Å². The summed E-state index contributed by atoms with van der Waals surface area (Å²) in [4.78, 5) is 11.5. The summed E-state index contributed by atoms with van der Waals surface area (Å²) in [5, 5.41) is -0.138. The number of hydrogen-bond donors (Lipinski definition) is 1. The summed E-state index contributed by atoms with van der Waals surface area (Å²) in [5.74, 6) is -0.989. The van der Waals surface area contributed by atoms with Crippen LogP contribution in [-0.4, -0.2) is 28.1 Å². The molecule has 1 heterocycles. The molecule has 27 heavy (non-hydrogen) atoms. The van der Waals surface area contributed by atoms with E-state index < -0.39 is 26.7 Å². The Bertz CT molecular complexity index is 1090. The van der Waals surface area contributed by atoms with Crippen LogP contribution in [0.2, 0.25) is 0 Å². The van der Waals surface area contributed by atoms with Crippen molar-refractivity contribution < 1.29 is 27.1 Å². The number of carbonyl (C=O) groups excluding carboxylic acids is 1. The second kappa shape index (κ2) is 7.53. The van der Waals surface area contributed by atoms with Crippen LogP contribution in [0.4, 0.5) is 10.1 Å². The lowest BCUT2D eigenvalue weighted by atomic mass is 10.2. The molecule has 6 nitrogen and oxygen atoms in total. The standard InChI is InChI=1S/C18H16FNO5S2/c1-3-25-12-9-7-11(8-10-12)20-27(22,23)17-15-13(19)5-4-6-14(15)26-16(17)18(21)24-2/h4-10,20H,3H2,1-2H3. The maximum Gasteiger partial charge on any atom is 0.349 e. The molecule has 0 atom stereocenters. The average molecular weight is 409 g/mol. The number of benzene rings is 2. The van der Waals surface area contributed by atoms with Crippen molar-refractivity contribution in [3.63, 3.8) is 0 Å². The van der Waals surface area contributed by atoms with Crippen LogP contribution >= 0.6 is 11.3 Å². The topological polar surface area (TPSA) is 81.7 Å². The van der Waals surface area contributed by atoms with E-state index in [-0.39, 0.29) is 16.0 Å². The molecular weight excluding hydrogens is 393 g/mol. The molecule has 0 amide bonds. The molecule has 0 saturated carbocycles. The third kappa shape index (κ3) is 3.74. The highest BCUT2D eigenvalue weighted by atomic mass is 32.2. The first-order chi connectivity index (χ1) is 12.9. The van der Waals surface area contributed by atoms with Gasteiger partial charge in [0.25, 0.3) is 10.0 Å². The zero-order chi connectivity index (χ0) is 19.6. The highest BCUT2D eigenvalue weighted by Crippen LogP contribution is 2.37. The predicted molar refractivity (Wildman–Crippen MR) is 102 cm³/mol. The normalized spacial score (nSPS) is 11.4. The summed E-state index contributed by atoms with van der Waals surface area (Å²) in [6, 6.07) is 10.4. The molecule has 0 radical (unpaired) electrons. The number of nitrogens with one attached hydrogen (secondary N) is 1. The molecule has 1 aromatic heterocycles. The van der Waals surface area contributed by atoms with Gasteiger partial charge in [-0.3, -0.25) is 4.72 Å². The number of anilines is 1. The fourth-order valence-corrected chi connectivity index (χ4v) is 5.46. The van der Waals surface area contributed by atoms with E-state index in [1.54, 1.807) is 18.2 Å². The van der Waals surface area contributed by atoms with Gasteiger partial charge in [-0.15, -0.1) is 11.3 Å². The number of esters is 1. The molecule has 3 rings (SSSR count). The second-order valence-corrected chi connectivity index (χ2v) is 8.10. The molecule has 3 aromatic rings. The van der Waals surface area contributed by atoms with Gasteiger partial charge in [-0.25, -0.2) is 17.6 Å². The molecule has 0 unspecified atom stereocenters. The lowest BCUT2D eigenvalue weighted by molar-refractivity contribution is 0.0602. The van der Waals surface area contributed by atoms with Gasteiger partial charge in [0, 0.05) is 15.8 Å². The summed E-state index contributed by atoms with van der Waals surface area (Å²) >= 11 is 0.864. The van der Waals surface area contributed by atoms with E-state index >= 15 is 0 Å². The summed E-state index contributed by atoms with van der Waals surface area (Å²) in [6.45, 7) is 2.31. The van der Waals surface area contributed by atoms with Crippen molar-refractivity contribution >= 4 is 43.1 Å². The fourth-order valence-electron chi connectivity index (χ4n) is 2.56. The van der Waals surface area contributed by atoms with Crippen LogP contribution in [-0.2, 0) is 14.8 Å². The number of hydrogen-bond acceptors (Lipinski definition) is 6. The molecule has 0 bridgehead atoms. The third-order valence-corrected chi connectivity index (χ3v) is 6.39. The van der Waals surface area contributed by atoms with Crippen LogP contribution in [0.5, 0.6) is 5.75 Å². The van der Waals surface area contributed by atoms with Gasteiger partial charge in [-0.05, 0) is 43.3 Å². The van der Waals surface area contributed by atoms with Gasteiger partial charge in [-0.2, -0.15) is 0 Å². The van der Waals surface area contributed by atoms with Crippen LogP contribution in [0.25, 0.3) is 10.1 Å². The number of halogens is 1. The molecule has 2 aromatic carbocycles. The minimum atomic E-state index is -4.25. The van der Waals surface area contributed by atoms with Gasteiger partial charge in [0.2, 0.25) is 0 Å². The molecule has 0 aliphatic carbocycles. The first-order valence-corrected chi connectivity index (χ1v) is 10.2. The Hall–Kier alpha value is -2.65. The number of fused-ring (bicyclic) bond motifs is 1. The Kier molecular flexibility index (Phi) is 5.33. The van der Waals surface area contributed by atoms with Crippen molar-refractivity contribution in [1.29, 1.82) is 0 Å². The third-order valence-electron chi connectivity index (χ3n) is 3.68. The van der Waals surface area contributed by atoms with Crippen molar-refractivity contribution in [2.75, 3.05) is 18.4 Å². The Balaban J connectivity index is 2.10. The van der Waals surface area contributed by atoms with Crippen LogP contribution in [0.3, 0.4) is 0 Å². The molecule has 142 valence electrons. The predicted octanol–water partition coefficient (Wildman–Crippen LogP) is 4.03. The Morgan fingerprint density at radius 3 is 2.52 bits per heavy atom. The van der Waals surface area contributed by atoms with E-state index in [9.17, 15) is 17.6 Å². The molecule has 0 aliphatic rings. The summed E-state index contributed by atoms with van der Waals surface area (Å²) < 4.78 is 53.0. The van der Waals surface area contributed by atoms with E-state index in [0.717, 1.165) is 24.5 Å². The quantitative estimate of drug-likeness (QED) is 0.622. The SMILES string of the molecule is CCOc1ccc(NS(=O)(=O)c2c(C(=O)OC)sc3cccc(F)c23)cc1. The highest BCUT2D eigenvalue weighted by Gasteiger charge is 2.30. The van der Waals surface area contributed by atoms with Crippen molar-refractivity contribution in [3.8, 4) is 5.75 Å². The van der Waals surface area contributed by atoms with E-state index in [4.69, 9.17) is 4.74 Å². The Morgan fingerprint density at radius 1 is 1.19 bits per heavy atom. The first-order valence-electron chi connectivity index (χ1n) is 7.92. The Labute approximate surface area is 159 Å². The number of thiophene rings is 1. The molecule has 9 heteroatoms. The smallest absolute Gasteiger partial charge is 0.349 e. The number of sulfonamides is 1. The zero-order valence-electron chi connectivity index (χ0n) is 14.5. The Morgan fingerprint density at radius 2 is 1.89 bits per heavy atom. The van der Waals surface area contributed by atoms with Crippen LogP contribution in [0.1, 0.15) is 16.6 Å². The lowest BCUT2D eigenvalue weighted by Crippen LogP contribution is -2.16. The van der Waals surface area contributed by atoms with Crippen LogP contribution < -0.4 is 9.46 Å². The maximum atomic E-state index is 14.4. The molecule has 0 spiro atoms. The second-order valence-electron chi connectivity index (χ2n) is 5.43. The summed E-state index contributed by atoms with van der Waals surface area (Å²) in [6.07, 6.45) is 0. The van der Waals surface area contributed by atoms with E-state index in [1.165, 1.54) is 18.2 Å².